The first kappa shape index (κ1) is 13.9. The van der Waals surface area contributed by atoms with Gasteiger partial charge in [0.1, 0.15) is 5.82 Å². The Morgan fingerprint density at radius 3 is 2.56 bits per heavy atom. The summed E-state index contributed by atoms with van der Waals surface area (Å²) in [6.07, 6.45) is 5.39. The molecule has 1 aliphatic rings. The number of hydrogen-bond donors (Lipinski definition) is 0. The second-order valence-corrected chi connectivity index (χ2v) is 6.58. The fourth-order valence-electron chi connectivity index (χ4n) is 2.73. The molecule has 0 aliphatic heterocycles. The van der Waals surface area contributed by atoms with Gasteiger partial charge in [0.05, 0.1) is 5.69 Å². The molecule has 3 heteroatoms. The molecule has 0 radical (unpaired) electrons. The van der Waals surface area contributed by atoms with Gasteiger partial charge in [-0.15, -0.1) is 0 Å². The summed E-state index contributed by atoms with van der Waals surface area (Å²) in [5.74, 6) is 1.83. The molecule has 0 atom stereocenters. The van der Waals surface area contributed by atoms with Crippen LogP contribution in [0.25, 0.3) is 0 Å². The highest BCUT2D eigenvalue weighted by atomic mass is 79.9. The molecule has 1 aromatic rings. The number of aromatic nitrogens is 1. The molecule has 0 bridgehead atoms. The lowest BCUT2D eigenvalue weighted by atomic mass is 10.1. The maximum absolute atomic E-state index is 4.75. The molecule has 0 saturated heterocycles. The standard InChI is InChI=1S/C15H23BrN2/c1-11(2)10-18(13-6-4-5-7-13)15-9-8-14(16)12(3)17-15/h8-9,11,13H,4-7,10H2,1-3H3. The van der Waals surface area contributed by atoms with Crippen LogP contribution in [0, 0.1) is 12.8 Å². The van der Waals surface area contributed by atoms with Crippen LogP contribution in [0.3, 0.4) is 0 Å². The number of rotatable bonds is 4. The van der Waals surface area contributed by atoms with E-state index in [1.807, 2.05) is 0 Å². The highest BCUT2D eigenvalue weighted by Gasteiger charge is 2.24. The second-order valence-electron chi connectivity index (χ2n) is 5.72. The monoisotopic (exact) mass is 310 g/mol. The van der Waals surface area contributed by atoms with Crippen LogP contribution < -0.4 is 4.90 Å². The number of hydrogen-bond acceptors (Lipinski definition) is 2. The van der Waals surface area contributed by atoms with Crippen LogP contribution >= 0.6 is 15.9 Å². The normalized spacial score (nSPS) is 16.5. The van der Waals surface area contributed by atoms with E-state index < -0.39 is 0 Å². The maximum atomic E-state index is 4.75. The number of pyridine rings is 1. The van der Waals surface area contributed by atoms with E-state index in [0.717, 1.165) is 22.5 Å². The van der Waals surface area contributed by atoms with Crippen LogP contribution in [0.1, 0.15) is 45.2 Å². The van der Waals surface area contributed by atoms with Crippen molar-refractivity contribution in [3.63, 3.8) is 0 Å². The molecule has 1 saturated carbocycles. The minimum absolute atomic E-state index is 0.677. The van der Waals surface area contributed by atoms with Crippen molar-refractivity contribution >= 4 is 21.7 Å². The van der Waals surface area contributed by atoms with E-state index in [4.69, 9.17) is 4.98 Å². The second kappa shape index (κ2) is 6.05. The van der Waals surface area contributed by atoms with E-state index >= 15 is 0 Å². The fourth-order valence-corrected chi connectivity index (χ4v) is 2.95. The zero-order valence-corrected chi connectivity index (χ0v) is 13.2. The van der Waals surface area contributed by atoms with Crippen LogP contribution in [0.2, 0.25) is 0 Å². The Labute approximate surface area is 119 Å². The molecule has 0 N–H and O–H groups in total. The van der Waals surface area contributed by atoms with Gasteiger partial charge in [0.25, 0.3) is 0 Å². The van der Waals surface area contributed by atoms with Crippen molar-refractivity contribution in [1.29, 1.82) is 0 Å². The van der Waals surface area contributed by atoms with Gasteiger partial charge in [0, 0.05) is 17.1 Å². The SMILES string of the molecule is Cc1nc(N(CC(C)C)C2CCCC2)ccc1Br. The topological polar surface area (TPSA) is 16.1 Å². The van der Waals surface area contributed by atoms with E-state index in [9.17, 15) is 0 Å². The van der Waals surface area contributed by atoms with Crippen molar-refractivity contribution in [2.45, 2.75) is 52.5 Å². The van der Waals surface area contributed by atoms with Crippen molar-refractivity contribution < 1.29 is 0 Å². The molecule has 1 heterocycles. The van der Waals surface area contributed by atoms with E-state index in [2.05, 4.69) is 53.7 Å². The van der Waals surface area contributed by atoms with Crippen molar-refractivity contribution in [2.75, 3.05) is 11.4 Å². The van der Waals surface area contributed by atoms with Gasteiger partial charge in [0.15, 0.2) is 0 Å². The van der Waals surface area contributed by atoms with E-state index in [1.54, 1.807) is 0 Å². The predicted molar refractivity (Wildman–Crippen MR) is 81.1 cm³/mol. The number of aryl methyl sites for hydroxylation is 1. The first-order valence-corrected chi connectivity index (χ1v) is 7.77. The Bertz CT molecular complexity index is 397. The predicted octanol–water partition coefficient (Wildman–Crippen LogP) is 4.56. The van der Waals surface area contributed by atoms with Gasteiger partial charge in [-0.2, -0.15) is 0 Å². The summed E-state index contributed by atoms with van der Waals surface area (Å²) >= 11 is 3.53. The lowest BCUT2D eigenvalue weighted by Crippen LogP contribution is -2.37. The van der Waals surface area contributed by atoms with Crippen molar-refractivity contribution in [3.8, 4) is 0 Å². The highest BCUT2D eigenvalue weighted by Crippen LogP contribution is 2.29. The van der Waals surface area contributed by atoms with Crippen LogP contribution in [-0.4, -0.2) is 17.6 Å². The maximum Gasteiger partial charge on any atom is 0.129 e. The summed E-state index contributed by atoms with van der Waals surface area (Å²) in [6.45, 7) is 7.75. The molecule has 2 rings (SSSR count). The minimum atomic E-state index is 0.677. The minimum Gasteiger partial charge on any atom is -0.353 e. The van der Waals surface area contributed by atoms with Gasteiger partial charge >= 0.3 is 0 Å². The summed E-state index contributed by atoms with van der Waals surface area (Å²) in [5, 5.41) is 0. The van der Waals surface area contributed by atoms with E-state index in [-0.39, 0.29) is 0 Å². The Morgan fingerprint density at radius 1 is 1.33 bits per heavy atom. The lowest BCUT2D eigenvalue weighted by Gasteiger charge is -2.32. The van der Waals surface area contributed by atoms with Crippen molar-refractivity contribution in [2.24, 2.45) is 5.92 Å². The Hall–Kier alpha value is -0.570. The number of nitrogens with zero attached hydrogens (tertiary/aromatic N) is 2. The fraction of sp³-hybridized carbons (Fsp3) is 0.667. The largest absolute Gasteiger partial charge is 0.353 e. The van der Waals surface area contributed by atoms with E-state index in [0.29, 0.717) is 12.0 Å². The Morgan fingerprint density at radius 2 is 2.00 bits per heavy atom. The smallest absolute Gasteiger partial charge is 0.129 e. The number of halogens is 1. The summed E-state index contributed by atoms with van der Waals surface area (Å²) < 4.78 is 1.10. The molecule has 1 aliphatic carbocycles. The van der Waals surface area contributed by atoms with Crippen molar-refractivity contribution in [1.82, 2.24) is 4.98 Å². The summed E-state index contributed by atoms with van der Waals surface area (Å²) in [6, 6.07) is 4.97. The zero-order chi connectivity index (χ0) is 13.1. The molecule has 0 spiro atoms. The van der Waals surface area contributed by atoms with Crippen LogP contribution in [0.4, 0.5) is 5.82 Å². The van der Waals surface area contributed by atoms with Crippen LogP contribution in [0.5, 0.6) is 0 Å². The zero-order valence-electron chi connectivity index (χ0n) is 11.6. The molecule has 0 unspecified atom stereocenters. The third-order valence-corrected chi connectivity index (χ3v) is 4.47. The molecule has 0 amide bonds. The molecule has 100 valence electrons. The first-order valence-electron chi connectivity index (χ1n) is 6.97. The summed E-state index contributed by atoms with van der Waals surface area (Å²) in [5.41, 5.74) is 1.08. The average molecular weight is 311 g/mol. The molecule has 1 fully saturated rings. The van der Waals surface area contributed by atoms with Crippen molar-refractivity contribution in [3.05, 3.63) is 22.3 Å². The van der Waals surface area contributed by atoms with Crippen LogP contribution in [0.15, 0.2) is 16.6 Å². The van der Waals surface area contributed by atoms with Gasteiger partial charge in [-0.25, -0.2) is 4.98 Å². The molecule has 1 aromatic heterocycles. The third kappa shape index (κ3) is 3.25. The Kier molecular flexibility index (Phi) is 4.66. The molecule has 0 aromatic carbocycles. The van der Waals surface area contributed by atoms with Gasteiger partial charge in [0.2, 0.25) is 0 Å². The van der Waals surface area contributed by atoms with Gasteiger partial charge in [-0.3, -0.25) is 0 Å². The van der Waals surface area contributed by atoms with Crippen LogP contribution in [-0.2, 0) is 0 Å². The number of anilines is 1. The lowest BCUT2D eigenvalue weighted by molar-refractivity contribution is 0.531. The first-order chi connectivity index (χ1) is 8.58. The quantitative estimate of drug-likeness (QED) is 0.810. The summed E-state index contributed by atoms with van der Waals surface area (Å²) in [4.78, 5) is 7.27. The third-order valence-electron chi connectivity index (χ3n) is 3.63. The van der Waals surface area contributed by atoms with E-state index in [1.165, 1.54) is 25.7 Å². The molecule has 2 nitrogen and oxygen atoms in total. The molecular weight excluding hydrogens is 288 g/mol. The average Bonchev–Trinajstić information content (AvgIpc) is 2.83. The van der Waals surface area contributed by atoms with Gasteiger partial charge in [-0.05, 0) is 53.7 Å². The Balaban J connectivity index is 2.23. The molecular formula is C15H23BrN2. The van der Waals surface area contributed by atoms with Gasteiger partial charge < -0.3 is 4.90 Å². The van der Waals surface area contributed by atoms with Gasteiger partial charge in [-0.1, -0.05) is 26.7 Å². The highest BCUT2D eigenvalue weighted by molar-refractivity contribution is 9.10. The molecule has 18 heavy (non-hydrogen) atoms. The summed E-state index contributed by atoms with van der Waals surface area (Å²) in [7, 11) is 0.